The summed E-state index contributed by atoms with van der Waals surface area (Å²) in [5.74, 6) is -0.771. The molecule has 142 valence electrons. The van der Waals surface area contributed by atoms with Crippen LogP contribution in [0.5, 0.6) is 0 Å². The van der Waals surface area contributed by atoms with E-state index in [4.69, 9.17) is 0 Å². The number of non-ortho nitro benzene ring substituents is 2. The Morgan fingerprint density at radius 2 is 1.59 bits per heavy atom. The first-order valence-corrected chi connectivity index (χ1v) is 9.19. The zero-order chi connectivity index (χ0) is 20.2. The van der Waals surface area contributed by atoms with E-state index in [2.05, 4.69) is 5.32 Å². The maximum atomic E-state index is 12.2. The van der Waals surface area contributed by atoms with Crippen LogP contribution in [0.25, 0.3) is 0 Å². The summed E-state index contributed by atoms with van der Waals surface area (Å²) in [6.07, 6.45) is 0.854. The van der Waals surface area contributed by atoms with Crippen molar-refractivity contribution < 1.29 is 23.1 Å². The van der Waals surface area contributed by atoms with Crippen LogP contribution in [0.15, 0.2) is 48.5 Å². The molecule has 0 fully saturated rings. The van der Waals surface area contributed by atoms with Gasteiger partial charge in [-0.25, -0.2) is 8.42 Å². The van der Waals surface area contributed by atoms with Crippen LogP contribution in [0.4, 0.5) is 22.7 Å². The van der Waals surface area contributed by atoms with Crippen molar-refractivity contribution >= 4 is 38.7 Å². The standard InChI is InChI=1S/C15H14N4O7S/c1-27(25,26)17(12-5-3-7-14(9-12)19(23)24)10-15(20)16-11-4-2-6-13(8-11)18(21)22/h2-9H,10H2,1H3,(H,16,20). The maximum absolute atomic E-state index is 12.2. The summed E-state index contributed by atoms with van der Waals surface area (Å²) >= 11 is 0. The molecule has 0 unspecified atom stereocenters. The Hall–Kier alpha value is -3.54. The minimum atomic E-state index is -3.93. The lowest BCUT2D eigenvalue weighted by Crippen LogP contribution is -2.37. The lowest BCUT2D eigenvalue weighted by molar-refractivity contribution is -0.385. The first-order valence-electron chi connectivity index (χ1n) is 7.34. The van der Waals surface area contributed by atoms with Gasteiger partial charge >= 0.3 is 0 Å². The Morgan fingerprint density at radius 1 is 1.04 bits per heavy atom. The van der Waals surface area contributed by atoms with Crippen LogP contribution in [-0.4, -0.2) is 37.0 Å². The molecule has 0 aromatic heterocycles. The van der Waals surface area contributed by atoms with Gasteiger partial charge in [0, 0.05) is 30.0 Å². The van der Waals surface area contributed by atoms with E-state index in [1.54, 1.807) is 0 Å². The van der Waals surface area contributed by atoms with Crippen molar-refractivity contribution in [2.24, 2.45) is 0 Å². The van der Waals surface area contributed by atoms with E-state index in [1.807, 2.05) is 0 Å². The molecule has 0 radical (unpaired) electrons. The zero-order valence-electron chi connectivity index (χ0n) is 13.9. The number of sulfonamides is 1. The van der Waals surface area contributed by atoms with Crippen molar-refractivity contribution in [1.29, 1.82) is 0 Å². The van der Waals surface area contributed by atoms with Crippen molar-refractivity contribution in [1.82, 2.24) is 0 Å². The highest BCUT2D eigenvalue weighted by molar-refractivity contribution is 7.92. The first kappa shape index (κ1) is 19.8. The molecule has 0 atom stereocenters. The third-order valence-electron chi connectivity index (χ3n) is 3.36. The van der Waals surface area contributed by atoms with Gasteiger partial charge in [-0.1, -0.05) is 12.1 Å². The molecular formula is C15H14N4O7S. The van der Waals surface area contributed by atoms with E-state index in [0.29, 0.717) is 4.31 Å². The largest absolute Gasteiger partial charge is 0.324 e. The van der Waals surface area contributed by atoms with Gasteiger partial charge < -0.3 is 5.32 Å². The summed E-state index contributed by atoms with van der Waals surface area (Å²) in [6.45, 7) is -0.664. The van der Waals surface area contributed by atoms with Crippen LogP contribution >= 0.6 is 0 Å². The van der Waals surface area contributed by atoms with E-state index in [0.717, 1.165) is 18.4 Å². The van der Waals surface area contributed by atoms with Crippen LogP contribution in [0.1, 0.15) is 0 Å². The topological polar surface area (TPSA) is 153 Å². The molecule has 1 amide bonds. The van der Waals surface area contributed by atoms with Gasteiger partial charge in [0.15, 0.2) is 0 Å². The molecule has 0 saturated heterocycles. The van der Waals surface area contributed by atoms with Crippen LogP contribution in [0.3, 0.4) is 0 Å². The minimum absolute atomic E-state index is 0.0547. The lowest BCUT2D eigenvalue weighted by Gasteiger charge is -2.21. The number of nitro benzene ring substituents is 2. The highest BCUT2D eigenvalue weighted by Crippen LogP contribution is 2.23. The smallest absolute Gasteiger partial charge is 0.271 e. The van der Waals surface area contributed by atoms with Crippen molar-refractivity contribution in [2.75, 3.05) is 22.4 Å². The lowest BCUT2D eigenvalue weighted by atomic mass is 10.2. The predicted molar refractivity (Wildman–Crippen MR) is 97.0 cm³/mol. The summed E-state index contributed by atoms with van der Waals surface area (Å²) in [4.78, 5) is 32.5. The Labute approximate surface area is 153 Å². The highest BCUT2D eigenvalue weighted by Gasteiger charge is 2.23. The van der Waals surface area contributed by atoms with Gasteiger partial charge in [-0.3, -0.25) is 29.3 Å². The monoisotopic (exact) mass is 394 g/mol. The number of carbonyl (C=O) groups is 1. The number of anilines is 2. The molecule has 0 spiro atoms. The van der Waals surface area contributed by atoms with Crippen molar-refractivity contribution in [3.8, 4) is 0 Å². The van der Waals surface area contributed by atoms with Crippen molar-refractivity contribution in [3.63, 3.8) is 0 Å². The molecule has 12 heteroatoms. The normalized spacial score (nSPS) is 10.9. The quantitative estimate of drug-likeness (QED) is 0.556. The Balaban J connectivity index is 2.25. The second-order valence-corrected chi connectivity index (χ2v) is 7.31. The molecule has 0 bridgehead atoms. The molecule has 2 aromatic carbocycles. The Kier molecular flexibility index (Phi) is 5.70. The van der Waals surface area contributed by atoms with Gasteiger partial charge in [0.25, 0.3) is 11.4 Å². The fourth-order valence-corrected chi connectivity index (χ4v) is 3.04. The average Bonchev–Trinajstić information content (AvgIpc) is 2.59. The highest BCUT2D eigenvalue weighted by atomic mass is 32.2. The third-order valence-corrected chi connectivity index (χ3v) is 4.50. The van der Waals surface area contributed by atoms with Gasteiger partial charge in [-0.15, -0.1) is 0 Å². The molecule has 0 saturated carbocycles. The van der Waals surface area contributed by atoms with Crippen molar-refractivity contribution in [2.45, 2.75) is 0 Å². The summed E-state index contributed by atoms with van der Waals surface area (Å²) in [5.41, 5.74) is -0.519. The number of benzene rings is 2. The van der Waals surface area contributed by atoms with Gasteiger partial charge in [0.1, 0.15) is 6.54 Å². The molecular weight excluding hydrogens is 380 g/mol. The Morgan fingerprint density at radius 3 is 2.15 bits per heavy atom. The second kappa shape index (κ2) is 7.78. The summed E-state index contributed by atoms with van der Waals surface area (Å²) in [6, 6.07) is 9.96. The van der Waals surface area contributed by atoms with Crippen LogP contribution in [0.2, 0.25) is 0 Å². The molecule has 2 rings (SSSR count). The molecule has 1 N–H and O–H groups in total. The third kappa shape index (κ3) is 5.22. The first-order chi connectivity index (χ1) is 12.6. The fraction of sp³-hybridized carbons (Fsp3) is 0.133. The van der Waals surface area contributed by atoms with Gasteiger partial charge in [-0.2, -0.15) is 0 Å². The molecule has 0 aliphatic carbocycles. The number of hydrogen-bond donors (Lipinski definition) is 1. The van der Waals surface area contributed by atoms with Crippen LogP contribution in [0, 0.1) is 20.2 Å². The molecule has 2 aromatic rings. The number of nitrogens with one attached hydrogen (secondary N) is 1. The summed E-state index contributed by atoms with van der Waals surface area (Å²) < 4.78 is 24.8. The number of rotatable bonds is 7. The number of nitrogens with zero attached hydrogens (tertiary/aromatic N) is 3. The summed E-state index contributed by atoms with van der Waals surface area (Å²) in [7, 11) is -3.93. The van der Waals surface area contributed by atoms with E-state index < -0.39 is 32.3 Å². The van der Waals surface area contributed by atoms with Crippen LogP contribution < -0.4 is 9.62 Å². The molecule has 11 nitrogen and oxygen atoms in total. The van der Waals surface area contributed by atoms with E-state index in [-0.39, 0.29) is 22.7 Å². The number of hydrogen-bond acceptors (Lipinski definition) is 7. The van der Waals surface area contributed by atoms with Gasteiger partial charge in [0.2, 0.25) is 15.9 Å². The fourth-order valence-electron chi connectivity index (χ4n) is 2.19. The average molecular weight is 394 g/mol. The number of nitro groups is 2. The minimum Gasteiger partial charge on any atom is -0.324 e. The van der Waals surface area contributed by atoms with E-state index in [1.165, 1.54) is 36.4 Å². The van der Waals surface area contributed by atoms with E-state index >= 15 is 0 Å². The molecule has 27 heavy (non-hydrogen) atoms. The molecule has 0 heterocycles. The predicted octanol–water partition coefficient (Wildman–Crippen LogP) is 1.91. The zero-order valence-corrected chi connectivity index (χ0v) is 14.8. The van der Waals surface area contributed by atoms with Gasteiger partial charge in [-0.05, 0) is 12.1 Å². The van der Waals surface area contributed by atoms with Crippen molar-refractivity contribution in [3.05, 3.63) is 68.8 Å². The molecule has 0 aliphatic heterocycles. The number of carbonyl (C=O) groups excluding carboxylic acids is 1. The number of amides is 1. The molecule has 0 aliphatic rings. The SMILES string of the molecule is CS(=O)(=O)N(CC(=O)Nc1cccc([N+](=O)[O-])c1)c1cccc([N+](=O)[O-])c1. The van der Waals surface area contributed by atoms with Crippen LogP contribution in [-0.2, 0) is 14.8 Å². The maximum Gasteiger partial charge on any atom is 0.271 e. The van der Waals surface area contributed by atoms with E-state index in [9.17, 15) is 33.4 Å². The Bertz CT molecular complexity index is 1010. The summed E-state index contributed by atoms with van der Waals surface area (Å²) in [5, 5.41) is 24.0. The second-order valence-electron chi connectivity index (χ2n) is 5.40. The van der Waals surface area contributed by atoms with Gasteiger partial charge in [0.05, 0.1) is 21.8 Å².